The van der Waals surface area contributed by atoms with E-state index >= 15 is 0 Å². The van der Waals surface area contributed by atoms with Crippen molar-refractivity contribution in [1.29, 1.82) is 0 Å². The van der Waals surface area contributed by atoms with Crippen LogP contribution in [0.3, 0.4) is 0 Å². The molecule has 0 fully saturated rings. The van der Waals surface area contributed by atoms with Gasteiger partial charge in [0.2, 0.25) is 0 Å². The molecule has 0 saturated heterocycles. The molecule has 0 heterocycles. The van der Waals surface area contributed by atoms with Crippen LogP contribution in [-0.4, -0.2) is 5.25 Å². The zero-order valence-corrected chi connectivity index (χ0v) is 10.1. The Morgan fingerprint density at radius 1 is 1.43 bits per heavy atom. The van der Waals surface area contributed by atoms with Gasteiger partial charge in [-0.25, -0.2) is 0 Å². The standard InChI is InChI=1S/C11H20F2S/c1-4-7-9(5-2)10(6-3)8-11(12,13)14/h5,10,14H,4,6-8H2,1-3H3/b9-5+. The van der Waals surface area contributed by atoms with Crippen molar-refractivity contribution in [1.82, 2.24) is 0 Å². The molecule has 0 rings (SSSR count). The quantitative estimate of drug-likeness (QED) is 0.490. The Morgan fingerprint density at radius 2 is 2.00 bits per heavy atom. The Hall–Kier alpha value is -0.0500. The van der Waals surface area contributed by atoms with Crippen molar-refractivity contribution in [2.45, 2.75) is 51.7 Å². The van der Waals surface area contributed by atoms with Crippen molar-refractivity contribution in [3.63, 3.8) is 0 Å². The molecule has 0 aliphatic heterocycles. The van der Waals surface area contributed by atoms with Crippen molar-refractivity contribution in [2.75, 3.05) is 0 Å². The lowest BCUT2D eigenvalue weighted by atomic mass is 9.90. The molecule has 0 amide bonds. The van der Waals surface area contributed by atoms with E-state index in [2.05, 4.69) is 19.6 Å². The van der Waals surface area contributed by atoms with Crippen LogP contribution < -0.4 is 0 Å². The van der Waals surface area contributed by atoms with Gasteiger partial charge in [0.25, 0.3) is 5.25 Å². The first-order valence-corrected chi connectivity index (χ1v) is 5.64. The Labute approximate surface area is 91.2 Å². The van der Waals surface area contributed by atoms with Gasteiger partial charge in [-0.05, 0) is 25.7 Å². The number of allylic oxidation sites excluding steroid dienone is 2. The van der Waals surface area contributed by atoms with Crippen molar-refractivity contribution in [2.24, 2.45) is 5.92 Å². The number of halogens is 2. The van der Waals surface area contributed by atoms with Crippen LogP contribution in [0, 0.1) is 5.92 Å². The van der Waals surface area contributed by atoms with Gasteiger partial charge in [-0.15, -0.1) is 12.6 Å². The van der Waals surface area contributed by atoms with Gasteiger partial charge in [0, 0.05) is 6.42 Å². The van der Waals surface area contributed by atoms with Gasteiger partial charge < -0.3 is 0 Å². The molecule has 0 radical (unpaired) electrons. The summed E-state index contributed by atoms with van der Waals surface area (Å²) >= 11 is 3.29. The van der Waals surface area contributed by atoms with Crippen LogP contribution in [0.1, 0.15) is 46.5 Å². The van der Waals surface area contributed by atoms with Gasteiger partial charge in [-0.2, -0.15) is 8.78 Å². The fourth-order valence-corrected chi connectivity index (χ4v) is 1.93. The monoisotopic (exact) mass is 222 g/mol. The van der Waals surface area contributed by atoms with Crippen LogP contribution in [-0.2, 0) is 0 Å². The molecule has 1 atom stereocenters. The van der Waals surface area contributed by atoms with Crippen LogP contribution >= 0.6 is 12.6 Å². The first kappa shape index (κ1) is 13.9. The normalized spacial score (nSPS) is 15.7. The first-order valence-electron chi connectivity index (χ1n) is 5.19. The minimum absolute atomic E-state index is 0.0209. The summed E-state index contributed by atoms with van der Waals surface area (Å²) in [5.74, 6) is -0.0209. The lowest BCUT2D eigenvalue weighted by molar-refractivity contribution is 0.0819. The summed E-state index contributed by atoms with van der Waals surface area (Å²) in [7, 11) is 0. The fourth-order valence-electron chi connectivity index (χ4n) is 1.71. The van der Waals surface area contributed by atoms with E-state index in [1.54, 1.807) is 0 Å². The first-order chi connectivity index (χ1) is 6.44. The van der Waals surface area contributed by atoms with Gasteiger partial charge in [-0.1, -0.05) is 31.9 Å². The number of hydrogen-bond donors (Lipinski definition) is 1. The summed E-state index contributed by atoms with van der Waals surface area (Å²) in [6, 6.07) is 0. The van der Waals surface area contributed by atoms with Gasteiger partial charge >= 0.3 is 0 Å². The number of thiol groups is 1. The van der Waals surface area contributed by atoms with Crippen LogP contribution in [0.5, 0.6) is 0 Å². The summed E-state index contributed by atoms with van der Waals surface area (Å²) in [4.78, 5) is 0. The number of rotatable bonds is 6. The molecule has 0 bridgehead atoms. The zero-order chi connectivity index (χ0) is 11.2. The molecule has 0 aliphatic rings. The van der Waals surface area contributed by atoms with Crippen molar-refractivity contribution in [3.05, 3.63) is 11.6 Å². The third kappa shape index (κ3) is 5.63. The van der Waals surface area contributed by atoms with E-state index in [0.717, 1.165) is 24.8 Å². The van der Waals surface area contributed by atoms with E-state index in [9.17, 15) is 8.78 Å². The lowest BCUT2D eigenvalue weighted by Gasteiger charge is -2.21. The highest BCUT2D eigenvalue weighted by Crippen LogP contribution is 2.33. The second-order valence-electron chi connectivity index (χ2n) is 3.59. The molecule has 14 heavy (non-hydrogen) atoms. The molecular formula is C11H20F2S. The minimum Gasteiger partial charge on any atom is -0.195 e. The van der Waals surface area contributed by atoms with E-state index in [0.29, 0.717) is 0 Å². The fraction of sp³-hybridized carbons (Fsp3) is 0.818. The van der Waals surface area contributed by atoms with E-state index in [1.807, 2.05) is 19.9 Å². The van der Waals surface area contributed by atoms with Gasteiger partial charge in [0.05, 0.1) is 0 Å². The molecule has 0 saturated carbocycles. The second-order valence-corrected chi connectivity index (χ2v) is 4.24. The Kier molecular flexibility index (Phi) is 6.41. The Morgan fingerprint density at radius 3 is 2.29 bits per heavy atom. The topological polar surface area (TPSA) is 0 Å². The Bertz CT molecular complexity index is 182. The molecule has 0 aromatic rings. The maximum Gasteiger partial charge on any atom is 0.291 e. The number of alkyl halides is 2. The molecule has 84 valence electrons. The maximum absolute atomic E-state index is 12.7. The Balaban J connectivity index is 4.38. The predicted octanol–water partition coefficient (Wildman–Crippen LogP) is 4.67. The average Bonchev–Trinajstić information content (AvgIpc) is 2.09. The summed E-state index contributed by atoms with van der Waals surface area (Å²) in [5.41, 5.74) is 1.14. The smallest absolute Gasteiger partial charge is 0.195 e. The highest BCUT2D eigenvalue weighted by atomic mass is 32.1. The molecule has 0 aromatic heterocycles. The van der Waals surface area contributed by atoms with Crippen molar-refractivity contribution in [3.8, 4) is 0 Å². The summed E-state index contributed by atoms with van der Waals surface area (Å²) < 4.78 is 25.5. The highest BCUT2D eigenvalue weighted by molar-refractivity contribution is 7.81. The second kappa shape index (κ2) is 6.44. The molecule has 0 nitrogen and oxygen atoms in total. The molecule has 3 heteroatoms. The van der Waals surface area contributed by atoms with E-state index in [-0.39, 0.29) is 12.3 Å². The molecule has 0 aliphatic carbocycles. The highest BCUT2D eigenvalue weighted by Gasteiger charge is 2.28. The summed E-state index contributed by atoms with van der Waals surface area (Å²) in [5, 5.41) is -2.84. The van der Waals surface area contributed by atoms with Gasteiger partial charge in [0.15, 0.2) is 0 Å². The van der Waals surface area contributed by atoms with Crippen molar-refractivity contribution >= 4 is 12.6 Å². The van der Waals surface area contributed by atoms with Crippen LogP contribution in [0.4, 0.5) is 8.78 Å². The largest absolute Gasteiger partial charge is 0.291 e. The average molecular weight is 222 g/mol. The van der Waals surface area contributed by atoms with Gasteiger partial charge in [-0.3, -0.25) is 0 Å². The minimum atomic E-state index is -2.84. The predicted molar refractivity (Wildman–Crippen MR) is 61.0 cm³/mol. The summed E-state index contributed by atoms with van der Waals surface area (Å²) in [6.07, 6.45) is 4.51. The van der Waals surface area contributed by atoms with E-state index in [4.69, 9.17) is 0 Å². The molecule has 1 unspecified atom stereocenters. The SMILES string of the molecule is C/C=C(\CCC)C(CC)CC(F)(F)S. The van der Waals surface area contributed by atoms with Gasteiger partial charge in [0.1, 0.15) is 0 Å². The molecule has 0 aromatic carbocycles. The zero-order valence-electron chi connectivity index (χ0n) is 9.19. The molecule has 0 N–H and O–H groups in total. The van der Waals surface area contributed by atoms with Crippen LogP contribution in [0.25, 0.3) is 0 Å². The molecular weight excluding hydrogens is 202 g/mol. The van der Waals surface area contributed by atoms with Crippen LogP contribution in [0.15, 0.2) is 11.6 Å². The lowest BCUT2D eigenvalue weighted by Crippen LogP contribution is -2.15. The molecule has 0 spiro atoms. The van der Waals surface area contributed by atoms with Crippen LogP contribution in [0.2, 0.25) is 0 Å². The summed E-state index contributed by atoms with van der Waals surface area (Å²) in [6.45, 7) is 5.93. The maximum atomic E-state index is 12.7. The van der Waals surface area contributed by atoms with E-state index < -0.39 is 5.25 Å². The number of hydrogen-bond acceptors (Lipinski definition) is 1. The third-order valence-corrected chi connectivity index (χ3v) is 2.60. The van der Waals surface area contributed by atoms with E-state index in [1.165, 1.54) is 0 Å². The van der Waals surface area contributed by atoms with Crippen molar-refractivity contribution < 1.29 is 8.78 Å². The third-order valence-electron chi connectivity index (χ3n) is 2.42.